The molecule has 1 saturated heterocycles. The van der Waals surface area contributed by atoms with E-state index >= 15 is 0 Å². The number of alkyl halides is 3. The topological polar surface area (TPSA) is 62.2 Å². The number of anilines is 2. The second-order valence-electron chi connectivity index (χ2n) is 8.92. The van der Waals surface area contributed by atoms with Gasteiger partial charge in [-0.15, -0.1) is 6.58 Å². The number of pyridine rings is 1. The van der Waals surface area contributed by atoms with Crippen LogP contribution in [0.3, 0.4) is 0 Å². The highest BCUT2D eigenvalue weighted by Crippen LogP contribution is 2.39. The van der Waals surface area contributed by atoms with Gasteiger partial charge in [-0.2, -0.15) is 13.2 Å². The highest BCUT2D eigenvalue weighted by Gasteiger charge is 2.38. The Morgan fingerprint density at radius 1 is 1.05 bits per heavy atom. The fourth-order valence-corrected chi connectivity index (χ4v) is 4.93. The first-order valence-electron chi connectivity index (χ1n) is 12.5. The molecule has 6 nitrogen and oxygen atoms in total. The molecule has 0 amide bonds. The molecule has 3 aromatic rings. The van der Waals surface area contributed by atoms with Crippen LogP contribution in [0.1, 0.15) is 24.7 Å². The van der Waals surface area contributed by atoms with Crippen molar-refractivity contribution in [2.24, 2.45) is 0 Å². The molecular formula is C29H30F3N5OS. The van der Waals surface area contributed by atoms with Crippen molar-refractivity contribution >= 4 is 28.0 Å². The van der Waals surface area contributed by atoms with E-state index in [1.165, 1.54) is 0 Å². The smallest absolute Gasteiger partial charge is 0.353 e. The van der Waals surface area contributed by atoms with E-state index in [4.69, 9.17) is 0 Å². The lowest BCUT2D eigenvalue weighted by atomic mass is 9.97. The molecule has 1 fully saturated rings. The third-order valence-electron chi connectivity index (χ3n) is 6.29. The second kappa shape index (κ2) is 12.4. The molecule has 0 bridgehead atoms. The number of halogens is 3. The predicted molar refractivity (Wildman–Crippen MR) is 151 cm³/mol. The molecule has 0 saturated carbocycles. The van der Waals surface area contributed by atoms with Crippen LogP contribution in [0.2, 0.25) is 0 Å². The molecule has 0 aliphatic carbocycles. The maximum Gasteiger partial charge on any atom is 0.451 e. The molecule has 0 radical (unpaired) electrons. The van der Waals surface area contributed by atoms with E-state index in [2.05, 4.69) is 26.4 Å². The molecule has 1 aliphatic heterocycles. The Labute approximate surface area is 229 Å². The summed E-state index contributed by atoms with van der Waals surface area (Å²) >= 11 is 0. The average Bonchev–Trinajstić information content (AvgIpc) is 2.95. The molecule has 4 rings (SSSR count). The van der Waals surface area contributed by atoms with Gasteiger partial charge in [0.25, 0.3) is 0 Å². The Balaban J connectivity index is 1.89. The maximum atomic E-state index is 14.1. The van der Waals surface area contributed by atoms with E-state index in [1.807, 2.05) is 48.3 Å². The molecule has 1 atom stereocenters. The first kappa shape index (κ1) is 28.2. The van der Waals surface area contributed by atoms with Crippen LogP contribution >= 0.6 is 0 Å². The number of rotatable bonds is 8. The third-order valence-corrected chi connectivity index (χ3v) is 7.23. The van der Waals surface area contributed by atoms with Crippen molar-refractivity contribution in [3.8, 4) is 11.3 Å². The van der Waals surface area contributed by atoms with Crippen LogP contribution in [0.5, 0.6) is 0 Å². The Morgan fingerprint density at radius 3 is 2.31 bits per heavy atom. The minimum atomic E-state index is -4.74. The van der Waals surface area contributed by atoms with Gasteiger partial charge in [-0.05, 0) is 43.2 Å². The minimum absolute atomic E-state index is 0.168. The third kappa shape index (κ3) is 6.62. The van der Waals surface area contributed by atoms with Crippen molar-refractivity contribution in [2.75, 3.05) is 42.2 Å². The van der Waals surface area contributed by atoms with E-state index in [0.717, 1.165) is 5.82 Å². The van der Waals surface area contributed by atoms with E-state index in [9.17, 15) is 17.4 Å². The fourth-order valence-electron chi connectivity index (χ4n) is 4.42. The lowest BCUT2D eigenvalue weighted by molar-refractivity contribution is -0.144. The number of benzene rings is 1. The van der Waals surface area contributed by atoms with E-state index < -0.39 is 22.8 Å². The molecular weight excluding hydrogens is 523 g/mol. The van der Waals surface area contributed by atoms with Crippen LogP contribution < -0.4 is 9.80 Å². The lowest BCUT2D eigenvalue weighted by Gasteiger charge is -2.37. The maximum absolute atomic E-state index is 14.1. The summed E-state index contributed by atoms with van der Waals surface area (Å²) in [7, 11) is -1.23. The summed E-state index contributed by atoms with van der Waals surface area (Å²) in [6.45, 7) is 7.69. The Bertz CT molecular complexity index is 1380. The SMILES string of the molecule is C=CC/C=C(\C=C/C)c1c(-c2ccc(S(C)=O)cc2)nc(C(F)(F)F)nc1N1CCN(c2ccccn2)CC1. The summed E-state index contributed by atoms with van der Waals surface area (Å²) in [6.07, 6.45) is 6.37. The summed E-state index contributed by atoms with van der Waals surface area (Å²) in [5.41, 5.74) is 1.86. The molecule has 204 valence electrons. The number of aromatic nitrogens is 3. The molecule has 3 heterocycles. The molecule has 39 heavy (non-hydrogen) atoms. The molecule has 2 aromatic heterocycles. The molecule has 1 unspecified atom stereocenters. The summed E-state index contributed by atoms with van der Waals surface area (Å²) in [4.78, 5) is 17.1. The monoisotopic (exact) mass is 553 g/mol. The van der Waals surface area contributed by atoms with Gasteiger partial charge in [-0.3, -0.25) is 4.21 Å². The molecule has 0 spiro atoms. The molecule has 1 aromatic carbocycles. The largest absolute Gasteiger partial charge is 0.451 e. The number of hydrogen-bond donors (Lipinski definition) is 0. The molecule has 1 aliphatic rings. The van der Waals surface area contributed by atoms with Gasteiger partial charge in [-0.1, -0.05) is 42.5 Å². The minimum Gasteiger partial charge on any atom is -0.353 e. The number of nitrogens with zero attached hydrogens (tertiary/aromatic N) is 5. The van der Waals surface area contributed by atoms with Crippen molar-refractivity contribution in [1.29, 1.82) is 0 Å². The van der Waals surface area contributed by atoms with E-state index in [-0.39, 0.29) is 11.5 Å². The fraction of sp³-hybridized carbons (Fsp3) is 0.276. The van der Waals surface area contributed by atoms with Crippen molar-refractivity contribution in [2.45, 2.75) is 24.4 Å². The zero-order valence-electron chi connectivity index (χ0n) is 21.9. The summed E-state index contributed by atoms with van der Waals surface area (Å²) in [5.74, 6) is -0.148. The summed E-state index contributed by atoms with van der Waals surface area (Å²) in [5, 5.41) is 0. The van der Waals surface area contributed by atoms with Gasteiger partial charge in [0.2, 0.25) is 5.82 Å². The quantitative estimate of drug-likeness (QED) is 0.246. The van der Waals surface area contributed by atoms with Gasteiger partial charge in [0.05, 0.1) is 11.3 Å². The second-order valence-corrected chi connectivity index (χ2v) is 10.3. The highest BCUT2D eigenvalue weighted by atomic mass is 32.2. The van der Waals surface area contributed by atoms with Crippen LogP contribution in [-0.2, 0) is 17.0 Å². The predicted octanol–water partition coefficient (Wildman–Crippen LogP) is 6.16. The van der Waals surface area contributed by atoms with Crippen molar-refractivity contribution in [3.63, 3.8) is 0 Å². The molecule has 0 N–H and O–H groups in total. The van der Waals surface area contributed by atoms with Crippen molar-refractivity contribution < 1.29 is 17.4 Å². The van der Waals surface area contributed by atoms with Gasteiger partial charge in [0.15, 0.2) is 0 Å². The first-order valence-corrected chi connectivity index (χ1v) is 14.1. The van der Waals surface area contributed by atoms with E-state index in [1.54, 1.807) is 42.8 Å². The van der Waals surface area contributed by atoms with Crippen LogP contribution in [0.4, 0.5) is 24.8 Å². The summed E-state index contributed by atoms with van der Waals surface area (Å²) in [6, 6.07) is 12.3. The highest BCUT2D eigenvalue weighted by molar-refractivity contribution is 7.84. The number of piperazine rings is 1. The zero-order valence-corrected chi connectivity index (χ0v) is 22.7. The average molecular weight is 554 g/mol. The van der Waals surface area contributed by atoms with E-state index in [0.29, 0.717) is 54.2 Å². The van der Waals surface area contributed by atoms with Crippen LogP contribution in [0.25, 0.3) is 16.8 Å². The zero-order chi connectivity index (χ0) is 28.0. The van der Waals surface area contributed by atoms with Gasteiger partial charge in [-0.25, -0.2) is 15.0 Å². The Hall–Kier alpha value is -3.79. The Kier molecular flexibility index (Phi) is 8.96. The first-order chi connectivity index (χ1) is 18.7. The summed E-state index contributed by atoms with van der Waals surface area (Å²) < 4.78 is 54.3. The van der Waals surface area contributed by atoms with Crippen LogP contribution in [0, 0.1) is 0 Å². The number of allylic oxidation sites excluding steroid dienone is 5. The van der Waals surface area contributed by atoms with Crippen LogP contribution in [0.15, 0.2) is 84.4 Å². The van der Waals surface area contributed by atoms with Gasteiger partial charge in [0.1, 0.15) is 11.6 Å². The lowest BCUT2D eigenvalue weighted by Crippen LogP contribution is -2.47. The Morgan fingerprint density at radius 2 is 1.74 bits per heavy atom. The van der Waals surface area contributed by atoms with Gasteiger partial charge in [0, 0.05) is 59.9 Å². The standard InChI is InChI=1S/C29H30F3N5OS/c1-4-6-10-21(9-5-2)25-26(22-12-14-23(15-13-22)39(3)38)34-28(29(30,31)32)35-27(25)37-19-17-36(18-20-37)24-11-7-8-16-33-24/h4-5,7-16H,1,6,17-20H2,2-3H3/b9-5-,21-10+. The van der Waals surface area contributed by atoms with Gasteiger partial charge < -0.3 is 9.80 Å². The normalized spacial score (nSPS) is 15.6. The van der Waals surface area contributed by atoms with Gasteiger partial charge >= 0.3 is 6.18 Å². The molecule has 10 heteroatoms. The van der Waals surface area contributed by atoms with Crippen molar-refractivity contribution in [3.05, 3.63) is 90.9 Å². The van der Waals surface area contributed by atoms with Crippen molar-refractivity contribution in [1.82, 2.24) is 15.0 Å². The van der Waals surface area contributed by atoms with Crippen LogP contribution in [-0.4, -0.2) is 51.6 Å². The number of hydrogen-bond acceptors (Lipinski definition) is 6.